The molecule has 0 N–H and O–H groups in total. The largest absolute Gasteiger partial charge is 0.482 e. The van der Waals surface area contributed by atoms with Gasteiger partial charge in [0, 0.05) is 50.1 Å². The predicted molar refractivity (Wildman–Crippen MR) is 127 cm³/mol. The van der Waals surface area contributed by atoms with Gasteiger partial charge in [-0.05, 0) is 62.2 Å². The Hall–Kier alpha value is -3.29. The molecule has 0 unspecified atom stereocenters. The number of fused-ring (bicyclic) bond motifs is 1. The molecule has 0 bridgehead atoms. The van der Waals surface area contributed by atoms with Gasteiger partial charge in [-0.3, -0.25) is 9.59 Å². The minimum atomic E-state index is -4.88. The van der Waals surface area contributed by atoms with Gasteiger partial charge in [0.15, 0.2) is 0 Å². The molecule has 0 aliphatic carbocycles. The maximum atomic E-state index is 12.9. The first-order valence-corrected chi connectivity index (χ1v) is 11.9. The van der Waals surface area contributed by atoms with Crippen molar-refractivity contribution in [2.75, 3.05) is 26.2 Å². The Morgan fingerprint density at radius 2 is 1.66 bits per heavy atom. The van der Waals surface area contributed by atoms with Gasteiger partial charge in [0.05, 0.1) is 0 Å². The Kier molecular flexibility index (Phi) is 6.66. The van der Waals surface area contributed by atoms with Crippen molar-refractivity contribution < 1.29 is 27.5 Å². The minimum Gasteiger partial charge on any atom is -0.482 e. The molecule has 8 heteroatoms. The SMILES string of the molecule is CCN(CC)C(=O)c1ccc(C2=CC3(CCN(C(=O)C(F)(F)F)CC3)Oc3ccc(C)cc32)cc1. The second kappa shape index (κ2) is 9.40. The number of amides is 2. The average molecular weight is 487 g/mol. The van der Waals surface area contributed by atoms with Crippen LogP contribution in [0, 0.1) is 6.92 Å². The highest BCUT2D eigenvalue weighted by Crippen LogP contribution is 2.44. The first-order chi connectivity index (χ1) is 16.6. The van der Waals surface area contributed by atoms with Gasteiger partial charge in [-0.25, -0.2) is 0 Å². The van der Waals surface area contributed by atoms with E-state index in [2.05, 4.69) is 0 Å². The van der Waals surface area contributed by atoms with Crippen LogP contribution in [0.4, 0.5) is 13.2 Å². The van der Waals surface area contributed by atoms with Crippen molar-refractivity contribution in [3.63, 3.8) is 0 Å². The number of ether oxygens (including phenoxy) is 1. The zero-order chi connectivity index (χ0) is 25.4. The number of alkyl halides is 3. The van der Waals surface area contributed by atoms with Crippen LogP contribution < -0.4 is 4.74 Å². The number of hydrogen-bond donors (Lipinski definition) is 0. The van der Waals surface area contributed by atoms with Crippen LogP contribution in [0.25, 0.3) is 5.57 Å². The summed E-state index contributed by atoms with van der Waals surface area (Å²) in [5.41, 5.74) is 3.54. The molecule has 2 aliphatic rings. The summed E-state index contributed by atoms with van der Waals surface area (Å²) in [6.07, 6.45) is -2.40. The Morgan fingerprint density at radius 3 is 2.23 bits per heavy atom. The number of halogens is 3. The number of likely N-dealkylation sites (tertiary alicyclic amines) is 1. The summed E-state index contributed by atoms with van der Waals surface area (Å²) in [6.45, 7) is 7.03. The lowest BCUT2D eigenvalue weighted by Crippen LogP contribution is -2.52. The summed E-state index contributed by atoms with van der Waals surface area (Å²) >= 11 is 0. The molecular formula is C27H29F3N2O3. The van der Waals surface area contributed by atoms with E-state index in [1.54, 1.807) is 17.0 Å². The van der Waals surface area contributed by atoms with Gasteiger partial charge in [-0.2, -0.15) is 13.2 Å². The quantitative estimate of drug-likeness (QED) is 0.595. The van der Waals surface area contributed by atoms with Gasteiger partial charge in [0.1, 0.15) is 11.4 Å². The summed E-state index contributed by atoms with van der Waals surface area (Å²) in [5, 5.41) is 0. The summed E-state index contributed by atoms with van der Waals surface area (Å²) < 4.78 is 45.1. The molecule has 2 amide bonds. The molecule has 0 atom stereocenters. The second-order valence-electron chi connectivity index (χ2n) is 9.07. The maximum Gasteiger partial charge on any atom is 0.471 e. The van der Waals surface area contributed by atoms with E-state index in [1.165, 1.54) is 0 Å². The molecule has 1 spiro atoms. The van der Waals surface area contributed by atoms with Crippen LogP contribution in [0.3, 0.4) is 0 Å². The third-order valence-electron chi connectivity index (χ3n) is 6.78. The third kappa shape index (κ3) is 4.92. The van der Waals surface area contributed by atoms with Gasteiger partial charge in [-0.15, -0.1) is 0 Å². The predicted octanol–water partition coefficient (Wildman–Crippen LogP) is 5.22. The van der Waals surface area contributed by atoms with Gasteiger partial charge < -0.3 is 14.5 Å². The third-order valence-corrected chi connectivity index (χ3v) is 6.78. The van der Waals surface area contributed by atoms with E-state index in [0.29, 0.717) is 24.4 Å². The summed E-state index contributed by atoms with van der Waals surface area (Å²) in [6, 6.07) is 13.2. The molecular weight excluding hydrogens is 457 g/mol. The number of aryl methyl sites for hydroxylation is 1. The van der Waals surface area contributed by atoms with Crippen molar-refractivity contribution in [3.05, 3.63) is 70.8 Å². The van der Waals surface area contributed by atoms with Gasteiger partial charge >= 0.3 is 12.1 Å². The van der Waals surface area contributed by atoms with Crippen molar-refractivity contribution in [1.82, 2.24) is 9.80 Å². The number of piperidine rings is 1. The molecule has 4 rings (SSSR count). The van der Waals surface area contributed by atoms with E-state index < -0.39 is 17.7 Å². The van der Waals surface area contributed by atoms with E-state index >= 15 is 0 Å². The smallest absolute Gasteiger partial charge is 0.471 e. The lowest BCUT2D eigenvalue weighted by Gasteiger charge is -2.43. The van der Waals surface area contributed by atoms with E-state index in [9.17, 15) is 22.8 Å². The van der Waals surface area contributed by atoms with E-state index in [4.69, 9.17) is 4.74 Å². The molecule has 1 fully saturated rings. The van der Waals surface area contributed by atoms with Crippen LogP contribution in [0.2, 0.25) is 0 Å². The monoisotopic (exact) mass is 486 g/mol. The summed E-state index contributed by atoms with van der Waals surface area (Å²) in [4.78, 5) is 27.0. The highest BCUT2D eigenvalue weighted by atomic mass is 19.4. The first kappa shape index (κ1) is 24.8. The lowest BCUT2D eigenvalue weighted by molar-refractivity contribution is -0.187. The minimum absolute atomic E-state index is 0.0306. The number of benzene rings is 2. The van der Waals surface area contributed by atoms with Crippen molar-refractivity contribution in [1.29, 1.82) is 0 Å². The fourth-order valence-electron chi connectivity index (χ4n) is 4.77. The van der Waals surface area contributed by atoms with Crippen molar-refractivity contribution >= 4 is 17.4 Å². The molecule has 5 nitrogen and oxygen atoms in total. The van der Waals surface area contributed by atoms with Crippen LogP contribution in [0.15, 0.2) is 48.5 Å². The van der Waals surface area contributed by atoms with Gasteiger partial charge in [0.25, 0.3) is 5.91 Å². The molecule has 2 aromatic carbocycles. The fraction of sp³-hybridized carbons (Fsp3) is 0.407. The number of carbonyl (C=O) groups excluding carboxylic acids is 2. The second-order valence-corrected chi connectivity index (χ2v) is 9.07. The maximum absolute atomic E-state index is 12.9. The molecule has 0 radical (unpaired) electrons. The summed E-state index contributed by atoms with van der Waals surface area (Å²) in [7, 11) is 0. The number of nitrogens with zero attached hydrogens (tertiary/aromatic N) is 2. The number of carbonyl (C=O) groups is 2. The Labute approximate surface area is 203 Å². The lowest BCUT2D eigenvalue weighted by atomic mass is 9.82. The van der Waals surface area contributed by atoms with Crippen LogP contribution in [0.1, 0.15) is 53.7 Å². The Morgan fingerprint density at radius 1 is 1.03 bits per heavy atom. The molecule has 0 saturated carbocycles. The molecule has 1 saturated heterocycles. The zero-order valence-corrected chi connectivity index (χ0v) is 20.1. The number of hydrogen-bond acceptors (Lipinski definition) is 3. The zero-order valence-electron chi connectivity index (χ0n) is 20.1. The molecule has 2 aliphatic heterocycles. The molecule has 35 heavy (non-hydrogen) atoms. The summed E-state index contributed by atoms with van der Waals surface area (Å²) in [5.74, 6) is -1.18. The number of rotatable bonds is 4. The van der Waals surface area contributed by atoms with Crippen LogP contribution in [0.5, 0.6) is 5.75 Å². The standard InChI is InChI=1S/C27H29F3N2O3/c1-4-31(5-2)24(33)20-9-7-19(8-10-20)22-17-26(35-23-11-6-18(3)16-21(22)23)12-14-32(15-13-26)25(34)27(28,29)30/h6-11,16-17H,4-5,12-15H2,1-3H3. The van der Waals surface area contributed by atoms with E-state index in [1.807, 2.05) is 57.2 Å². The molecule has 2 heterocycles. The topological polar surface area (TPSA) is 49.9 Å². The first-order valence-electron chi connectivity index (χ1n) is 11.9. The highest BCUT2D eigenvalue weighted by Gasteiger charge is 2.46. The molecule has 0 aromatic heterocycles. The van der Waals surface area contributed by atoms with Gasteiger partial charge in [-0.1, -0.05) is 23.8 Å². The van der Waals surface area contributed by atoms with Crippen LogP contribution in [-0.2, 0) is 4.79 Å². The Balaban J connectivity index is 1.66. The van der Waals surface area contributed by atoms with Crippen molar-refractivity contribution in [3.8, 4) is 5.75 Å². The fourth-order valence-corrected chi connectivity index (χ4v) is 4.77. The van der Waals surface area contributed by atoms with Crippen molar-refractivity contribution in [2.45, 2.75) is 45.4 Å². The highest BCUT2D eigenvalue weighted by molar-refractivity contribution is 5.95. The van der Waals surface area contributed by atoms with Crippen LogP contribution >= 0.6 is 0 Å². The van der Waals surface area contributed by atoms with Gasteiger partial charge in [0.2, 0.25) is 0 Å². The van der Waals surface area contributed by atoms with E-state index in [-0.39, 0.29) is 31.8 Å². The normalized spacial score (nSPS) is 16.9. The molecule has 2 aromatic rings. The average Bonchev–Trinajstić information content (AvgIpc) is 2.84. The van der Waals surface area contributed by atoms with Crippen molar-refractivity contribution in [2.24, 2.45) is 0 Å². The Bertz CT molecular complexity index is 1140. The van der Waals surface area contributed by atoms with E-state index in [0.717, 1.165) is 27.2 Å². The molecule has 186 valence electrons. The van der Waals surface area contributed by atoms with Crippen LogP contribution in [-0.4, -0.2) is 59.6 Å².